The third-order valence-corrected chi connectivity index (χ3v) is 2.80. The maximum Gasteiger partial charge on any atom is 0.405 e. The highest BCUT2D eigenvalue weighted by Gasteiger charge is 2.32. The summed E-state index contributed by atoms with van der Waals surface area (Å²) in [7, 11) is 0. The Bertz CT molecular complexity index is 437. The molecule has 0 aliphatic heterocycles. The van der Waals surface area contributed by atoms with E-state index in [1.165, 1.54) is 0 Å². The molecule has 0 saturated heterocycles. The maximum absolute atomic E-state index is 12.5. The Morgan fingerprint density at radius 1 is 1.26 bits per heavy atom. The number of rotatable bonds is 5. The number of alkyl halides is 3. The van der Waals surface area contributed by atoms with E-state index in [1.807, 2.05) is 0 Å². The molecule has 8 heteroatoms. The van der Waals surface area contributed by atoms with E-state index in [0.717, 1.165) is 10.5 Å². The van der Waals surface area contributed by atoms with Gasteiger partial charge in [-0.05, 0) is 19.4 Å². The molecule has 0 spiro atoms. The third kappa shape index (κ3) is 4.03. The van der Waals surface area contributed by atoms with Gasteiger partial charge in [-0.2, -0.15) is 18.3 Å². The van der Waals surface area contributed by atoms with Crippen molar-refractivity contribution in [1.82, 2.24) is 10.2 Å². The van der Waals surface area contributed by atoms with E-state index < -0.39 is 19.3 Å². The van der Waals surface area contributed by atoms with Gasteiger partial charge in [-0.3, -0.25) is 0 Å². The molecule has 0 aliphatic rings. The fourth-order valence-corrected chi connectivity index (χ4v) is 1.74. The number of nitrogens with two attached hydrogens (primary N) is 1. The fourth-order valence-electron chi connectivity index (χ4n) is 1.74. The van der Waals surface area contributed by atoms with Crippen molar-refractivity contribution in [2.75, 3.05) is 24.6 Å². The van der Waals surface area contributed by atoms with Gasteiger partial charge >= 0.3 is 6.18 Å². The lowest BCUT2D eigenvalue weighted by atomic mass is 10.1. The van der Waals surface area contributed by atoms with Crippen LogP contribution in [0.15, 0.2) is 0 Å². The van der Waals surface area contributed by atoms with Gasteiger partial charge in [-0.1, -0.05) is 0 Å². The van der Waals surface area contributed by atoms with E-state index in [9.17, 15) is 13.2 Å². The normalized spacial score (nSPS) is 11.7. The van der Waals surface area contributed by atoms with Gasteiger partial charge < -0.3 is 15.7 Å². The van der Waals surface area contributed by atoms with Crippen LogP contribution in [-0.2, 0) is 6.54 Å². The minimum absolute atomic E-state index is 0.0668. The number of nitrogens with zero attached hydrogens (tertiary/aromatic N) is 3. The van der Waals surface area contributed by atoms with Gasteiger partial charge in [-0.25, -0.2) is 0 Å². The summed E-state index contributed by atoms with van der Waals surface area (Å²) < 4.78 is 37.6. The number of hydrogen-bond acceptors (Lipinski definition) is 5. The third-order valence-electron chi connectivity index (χ3n) is 2.80. The van der Waals surface area contributed by atoms with Gasteiger partial charge in [0.15, 0.2) is 5.82 Å². The van der Waals surface area contributed by atoms with Crippen LogP contribution in [0.1, 0.15) is 16.8 Å². The molecule has 0 aromatic carbocycles. The Balaban J connectivity index is 3.19. The van der Waals surface area contributed by atoms with Crippen LogP contribution in [0.25, 0.3) is 0 Å². The molecular weight excluding hydrogens is 261 g/mol. The van der Waals surface area contributed by atoms with Crippen LogP contribution in [0.4, 0.5) is 19.0 Å². The van der Waals surface area contributed by atoms with Crippen LogP contribution >= 0.6 is 0 Å². The van der Waals surface area contributed by atoms with E-state index in [4.69, 9.17) is 10.8 Å². The zero-order valence-electron chi connectivity index (χ0n) is 10.8. The van der Waals surface area contributed by atoms with Crippen LogP contribution in [-0.4, -0.2) is 41.2 Å². The van der Waals surface area contributed by atoms with Crippen LogP contribution in [0.3, 0.4) is 0 Å². The highest BCUT2D eigenvalue weighted by Crippen LogP contribution is 2.25. The number of anilines is 1. The van der Waals surface area contributed by atoms with Gasteiger partial charge in [0.1, 0.15) is 6.54 Å². The zero-order chi connectivity index (χ0) is 14.6. The van der Waals surface area contributed by atoms with E-state index in [1.54, 1.807) is 13.8 Å². The molecule has 0 saturated carbocycles. The molecule has 5 nitrogen and oxygen atoms in total. The van der Waals surface area contributed by atoms with Gasteiger partial charge in [0.25, 0.3) is 0 Å². The minimum atomic E-state index is -4.39. The van der Waals surface area contributed by atoms with Crippen molar-refractivity contribution >= 4 is 5.82 Å². The topological polar surface area (TPSA) is 75.3 Å². The number of halogens is 3. The first kappa shape index (κ1) is 15.6. The van der Waals surface area contributed by atoms with E-state index in [0.29, 0.717) is 11.3 Å². The molecule has 0 aliphatic carbocycles. The number of aromatic nitrogens is 2. The molecule has 108 valence electrons. The smallest absolute Gasteiger partial charge is 0.395 e. The minimum Gasteiger partial charge on any atom is -0.395 e. The fraction of sp³-hybridized carbons (Fsp3) is 0.636. The van der Waals surface area contributed by atoms with Crippen molar-refractivity contribution in [3.63, 3.8) is 0 Å². The molecule has 1 aromatic heterocycles. The Hall–Kier alpha value is -1.41. The average Bonchev–Trinajstić information content (AvgIpc) is 2.30. The first-order valence-electron chi connectivity index (χ1n) is 5.75. The quantitative estimate of drug-likeness (QED) is 0.837. The Labute approximate surface area is 109 Å². The van der Waals surface area contributed by atoms with Gasteiger partial charge in [0.05, 0.1) is 12.3 Å². The predicted molar refractivity (Wildman–Crippen MR) is 64.8 cm³/mol. The highest BCUT2D eigenvalue weighted by molar-refractivity contribution is 5.50. The zero-order valence-corrected chi connectivity index (χ0v) is 10.8. The molecule has 1 aromatic rings. The summed E-state index contributed by atoms with van der Waals surface area (Å²) in [5.74, 6) is 0.0805. The summed E-state index contributed by atoms with van der Waals surface area (Å²) in [5.41, 5.74) is 7.44. The number of aryl methyl sites for hydroxylation is 1. The second kappa shape index (κ2) is 6.16. The molecule has 3 N–H and O–H groups in total. The van der Waals surface area contributed by atoms with Gasteiger partial charge in [0.2, 0.25) is 0 Å². The van der Waals surface area contributed by atoms with Crippen molar-refractivity contribution in [2.45, 2.75) is 26.6 Å². The van der Waals surface area contributed by atoms with E-state index >= 15 is 0 Å². The summed E-state index contributed by atoms with van der Waals surface area (Å²) in [6.07, 6.45) is -4.39. The van der Waals surface area contributed by atoms with E-state index in [-0.39, 0.29) is 18.9 Å². The Morgan fingerprint density at radius 2 is 1.89 bits per heavy atom. The molecular formula is C11H17F3N4O. The van der Waals surface area contributed by atoms with Crippen molar-refractivity contribution < 1.29 is 18.3 Å². The lowest BCUT2D eigenvalue weighted by Crippen LogP contribution is -2.38. The number of hydrogen-bond donors (Lipinski definition) is 2. The van der Waals surface area contributed by atoms with Crippen LogP contribution in [0.2, 0.25) is 0 Å². The van der Waals surface area contributed by atoms with Crippen molar-refractivity contribution in [2.24, 2.45) is 5.73 Å². The molecule has 0 atom stereocenters. The first-order valence-corrected chi connectivity index (χ1v) is 5.75. The van der Waals surface area contributed by atoms with Crippen molar-refractivity contribution in [3.05, 3.63) is 16.8 Å². The first-order chi connectivity index (χ1) is 8.80. The largest absolute Gasteiger partial charge is 0.405 e. The van der Waals surface area contributed by atoms with Crippen molar-refractivity contribution in [3.8, 4) is 0 Å². The highest BCUT2D eigenvalue weighted by atomic mass is 19.4. The Morgan fingerprint density at radius 3 is 2.37 bits per heavy atom. The lowest BCUT2D eigenvalue weighted by Gasteiger charge is -2.26. The molecule has 0 unspecified atom stereocenters. The second-order valence-electron chi connectivity index (χ2n) is 4.18. The summed E-state index contributed by atoms with van der Waals surface area (Å²) in [6.45, 7) is 1.74. The van der Waals surface area contributed by atoms with E-state index in [2.05, 4.69) is 10.2 Å². The second-order valence-corrected chi connectivity index (χ2v) is 4.18. The lowest BCUT2D eigenvalue weighted by molar-refractivity contribution is -0.120. The van der Waals surface area contributed by atoms with Gasteiger partial charge in [0, 0.05) is 18.7 Å². The number of aliphatic hydroxyl groups excluding tert-OH is 1. The predicted octanol–water partition coefficient (Wildman–Crippen LogP) is 0.913. The molecule has 19 heavy (non-hydrogen) atoms. The molecule has 0 fully saturated rings. The maximum atomic E-state index is 12.5. The standard InChI is InChI=1S/C11H17F3N4O/c1-7-8(2)16-17-10(9(7)5-15)18(3-4-19)6-11(12,13)14/h19H,3-6,15H2,1-2H3. The molecule has 0 bridgehead atoms. The van der Waals surface area contributed by atoms with Crippen LogP contribution < -0.4 is 10.6 Å². The van der Waals surface area contributed by atoms with Crippen LogP contribution in [0, 0.1) is 13.8 Å². The van der Waals surface area contributed by atoms with Crippen molar-refractivity contribution in [1.29, 1.82) is 0 Å². The van der Waals surface area contributed by atoms with Gasteiger partial charge in [-0.15, -0.1) is 5.10 Å². The molecule has 1 rings (SSSR count). The molecule has 0 amide bonds. The summed E-state index contributed by atoms with van der Waals surface area (Å²) >= 11 is 0. The molecule has 1 heterocycles. The SMILES string of the molecule is Cc1nnc(N(CCO)CC(F)(F)F)c(CN)c1C. The summed E-state index contributed by atoms with van der Waals surface area (Å²) in [5, 5.41) is 16.5. The Kier molecular flexibility index (Phi) is 5.07. The number of aliphatic hydroxyl groups is 1. The summed E-state index contributed by atoms with van der Waals surface area (Å²) in [6, 6.07) is 0. The summed E-state index contributed by atoms with van der Waals surface area (Å²) in [4.78, 5) is 0.946. The monoisotopic (exact) mass is 278 g/mol. The average molecular weight is 278 g/mol. The van der Waals surface area contributed by atoms with Crippen LogP contribution in [0.5, 0.6) is 0 Å². The molecule has 0 radical (unpaired) electrons.